The third kappa shape index (κ3) is 4.05. The highest BCUT2D eigenvalue weighted by Gasteiger charge is 2.20. The molecule has 0 aliphatic heterocycles. The van der Waals surface area contributed by atoms with E-state index in [-0.39, 0.29) is 11.5 Å². The molecule has 0 radical (unpaired) electrons. The van der Waals surface area contributed by atoms with E-state index in [1.54, 1.807) is 38.3 Å². The number of nitrogens with zero attached hydrogens (tertiary/aromatic N) is 3. The van der Waals surface area contributed by atoms with Gasteiger partial charge < -0.3 is 10.1 Å². The maximum absolute atomic E-state index is 12.8. The van der Waals surface area contributed by atoms with Crippen molar-refractivity contribution in [3.8, 4) is 17.0 Å². The first-order chi connectivity index (χ1) is 14.4. The Hall–Kier alpha value is -3.23. The molecule has 1 amide bonds. The summed E-state index contributed by atoms with van der Waals surface area (Å²) < 4.78 is 7.19. The molecule has 0 aliphatic carbocycles. The molecule has 2 aromatic carbocycles. The Kier molecular flexibility index (Phi) is 5.52. The average molecular weight is 441 g/mol. The Morgan fingerprint density at radius 3 is 2.67 bits per heavy atom. The first-order valence-electron chi connectivity index (χ1n) is 9.06. The minimum absolute atomic E-state index is 0.369. The van der Waals surface area contributed by atoms with Gasteiger partial charge in [0, 0.05) is 16.7 Å². The lowest BCUT2D eigenvalue weighted by molar-refractivity contribution is -0.119. The number of hydrogen-bond donors (Lipinski definition) is 1. The highest BCUT2D eigenvalue weighted by atomic mass is 35.5. The molecule has 4 aromatic rings. The van der Waals surface area contributed by atoms with Crippen LogP contribution in [-0.4, -0.2) is 27.8 Å². The summed E-state index contributed by atoms with van der Waals surface area (Å²) in [5.74, 6) is 0.332. The number of carbonyl (C=O) groups excluding carboxylic acids is 1. The average Bonchev–Trinajstić information content (AvgIpc) is 3.15. The van der Waals surface area contributed by atoms with Crippen molar-refractivity contribution < 1.29 is 9.53 Å². The standard InChI is InChI=1S/C21H17ClN4O3S/c1-12(20(28)24-21-23-17-8-5-14(22)11-18(17)30-21)26-19(27)10-9-16(25-26)13-3-6-15(29-2)7-4-13/h3-12H,1-2H3,(H,23,24,28). The van der Waals surface area contributed by atoms with Crippen molar-refractivity contribution in [2.24, 2.45) is 0 Å². The second-order valence-electron chi connectivity index (χ2n) is 6.53. The van der Waals surface area contributed by atoms with Gasteiger partial charge in [0.05, 0.1) is 23.0 Å². The van der Waals surface area contributed by atoms with E-state index in [0.717, 1.165) is 21.5 Å². The molecule has 0 spiro atoms. The number of thiazole rings is 1. The molecule has 4 rings (SSSR count). The molecule has 7 nitrogen and oxygen atoms in total. The fraction of sp³-hybridized carbons (Fsp3) is 0.143. The number of carbonyl (C=O) groups is 1. The predicted octanol–water partition coefficient (Wildman–Crippen LogP) is 4.38. The molecule has 2 aromatic heterocycles. The van der Waals surface area contributed by atoms with Gasteiger partial charge in [-0.3, -0.25) is 9.59 Å². The van der Waals surface area contributed by atoms with E-state index in [1.165, 1.54) is 22.1 Å². The fourth-order valence-corrected chi connectivity index (χ4v) is 4.04. The lowest BCUT2D eigenvalue weighted by Crippen LogP contribution is -2.33. The van der Waals surface area contributed by atoms with Crippen molar-refractivity contribution in [3.63, 3.8) is 0 Å². The molecule has 9 heteroatoms. The van der Waals surface area contributed by atoms with E-state index < -0.39 is 6.04 Å². The summed E-state index contributed by atoms with van der Waals surface area (Å²) in [6.07, 6.45) is 0. The number of methoxy groups -OCH3 is 1. The SMILES string of the molecule is COc1ccc(-c2ccc(=O)n(C(C)C(=O)Nc3nc4ccc(Cl)cc4s3)n2)cc1. The number of anilines is 1. The van der Waals surface area contributed by atoms with Gasteiger partial charge in [0.15, 0.2) is 5.13 Å². The topological polar surface area (TPSA) is 86.1 Å². The highest BCUT2D eigenvalue weighted by Crippen LogP contribution is 2.28. The number of benzene rings is 2. The van der Waals surface area contributed by atoms with E-state index in [4.69, 9.17) is 16.3 Å². The van der Waals surface area contributed by atoms with E-state index >= 15 is 0 Å². The highest BCUT2D eigenvalue weighted by molar-refractivity contribution is 7.22. The third-order valence-corrected chi connectivity index (χ3v) is 5.71. The number of hydrogen-bond acceptors (Lipinski definition) is 6. The lowest BCUT2D eigenvalue weighted by Gasteiger charge is -2.14. The molecule has 1 N–H and O–H groups in total. The molecule has 0 saturated heterocycles. The van der Waals surface area contributed by atoms with Gasteiger partial charge in [-0.05, 0) is 55.5 Å². The second-order valence-corrected chi connectivity index (χ2v) is 7.99. The number of rotatable bonds is 5. The van der Waals surface area contributed by atoms with Crippen LogP contribution in [0.4, 0.5) is 5.13 Å². The predicted molar refractivity (Wildman–Crippen MR) is 118 cm³/mol. The van der Waals surface area contributed by atoms with Crippen LogP contribution in [0.15, 0.2) is 59.4 Å². The van der Waals surface area contributed by atoms with Gasteiger partial charge in [-0.1, -0.05) is 22.9 Å². The van der Waals surface area contributed by atoms with Crippen molar-refractivity contribution in [1.29, 1.82) is 0 Å². The Bertz CT molecular complexity index is 1280. The van der Waals surface area contributed by atoms with Gasteiger partial charge in [-0.2, -0.15) is 5.10 Å². The number of halogens is 1. The van der Waals surface area contributed by atoms with Crippen molar-refractivity contribution >= 4 is 44.2 Å². The number of ether oxygens (including phenoxy) is 1. The van der Waals surface area contributed by atoms with Gasteiger partial charge in [0.2, 0.25) is 0 Å². The number of aromatic nitrogens is 3. The molecular formula is C21H17ClN4O3S. The van der Waals surface area contributed by atoms with Crippen LogP contribution in [0, 0.1) is 0 Å². The zero-order valence-corrected chi connectivity index (χ0v) is 17.7. The van der Waals surface area contributed by atoms with E-state index in [2.05, 4.69) is 15.4 Å². The van der Waals surface area contributed by atoms with Crippen LogP contribution in [0.5, 0.6) is 5.75 Å². The number of fused-ring (bicyclic) bond motifs is 1. The molecule has 152 valence electrons. The minimum Gasteiger partial charge on any atom is -0.497 e. The molecule has 30 heavy (non-hydrogen) atoms. The smallest absolute Gasteiger partial charge is 0.267 e. The van der Waals surface area contributed by atoms with Crippen molar-refractivity contribution in [3.05, 3.63) is 70.0 Å². The summed E-state index contributed by atoms with van der Waals surface area (Å²) >= 11 is 7.31. The summed E-state index contributed by atoms with van der Waals surface area (Å²) in [4.78, 5) is 29.5. The Morgan fingerprint density at radius 2 is 1.93 bits per heavy atom. The molecule has 0 fully saturated rings. The molecule has 0 bridgehead atoms. The summed E-state index contributed by atoms with van der Waals surface area (Å²) in [5.41, 5.74) is 1.75. The quantitative estimate of drug-likeness (QED) is 0.497. The second kappa shape index (κ2) is 8.25. The Balaban J connectivity index is 1.58. The fourth-order valence-electron chi connectivity index (χ4n) is 2.89. The van der Waals surface area contributed by atoms with Crippen LogP contribution < -0.4 is 15.6 Å². The zero-order chi connectivity index (χ0) is 21.3. The van der Waals surface area contributed by atoms with Gasteiger partial charge in [0.25, 0.3) is 11.5 Å². The van der Waals surface area contributed by atoms with Gasteiger partial charge in [-0.25, -0.2) is 9.67 Å². The normalized spacial score (nSPS) is 12.0. The van der Waals surface area contributed by atoms with Gasteiger partial charge in [0.1, 0.15) is 11.8 Å². The lowest BCUT2D eigenvalue weighted by atomic mass is 10.1. The summed E-state index contributed by atoms with van der Waals surface area (Å²) in [5, 5.41) is 8.18. The monoisotopic (exact) mass is 440 g/mol. The zero-order valence-electron chi connectivity index (χ0n) is 16.1. The summed E-state index contributed by atoms with van der Waals surface area (Å²) in [6, 6.07) is 14.8. The van der Waals surface area contributed by atoms with Crippen LogP contribution in [0.25, 0.3) is 21.5 Å². The van der Waals surface area contributed by atoms with Crippen LogP contribution in [-0.2, 0) is 4.79 Å². The molecule has 0 saturated carbocycles. The first kappa shape index (κ1) is 20.1. The van der Waals surface area contributed by atoms with Crippen LogP contribution in [0.3, 0.4) is 0 Å². The molecule has 0 aliphatic rings. The summed E-state index contributed by atoms with van der Waals surface area (Å²) in [7, 11) is 1.59. The number of amides is 1. The third-order valence-electron chi connectivity index (χ3n) is 4.54. The minimum atomic E-state index is -0.828. The largest absolute Gasteiger partial charge is 0.497 e. The maximum atomic E-state index is 12.8. The maximum Gasteiger partial charge on any atom is 0.267 e. The molecular weight excluding hydrogens is 424 g/mol. The van der Waals surface area contributed by atoms with Crippen molar-refractivity contribution in [2.45, 2.75) is 13.0 Å². The van der Waals surface area contributed by atoms with E-state index in [0.29, 0.717) is 15.8 Å². The van der Waals surface area contributed by atoms with E-state index in [1.807, 2.05) is 24.3 Å². The van der Waals surface area contributed by atoms with Gasteiger partial charge in [-0.15, -0.1) is 0 Å². The summed E-state index contributed by atoms with van der Waals surface area (Å²) in [6.45, 7) is 1.62. The van der Waals surface area contributed by atoms with Gasteiger partial charge >= 0.3 is 0 Å². The Labute approximate surface area is 180 Å². The van der Waals surface area contributed by atoms with Crippen LogP contribution in [0.2, 0.25) is 5.02 Å². The molecule has 2 heterocycles. The van der Waals surface area contributed by atoms with E-state index in [9.17, 15) is 9.59 Å². The molecule has 1 unspecified atom stereocenters. The van der Waals surface area contributed by atoms with Crippen molar-refractivity contribution in [1.82, 2.24) is 14.8 Å². The van der Waals surface area contributed by atoms with Crippen LogP contribution >= 0.6 is 22.9 Å². The Morgan fingerprint density at radius 1 is 1.17 bits per heavy atom. The first-order valence-corrected chi connectivity index (χ1v) is 10.3. The number of nitrogens with one attached hydrogen (secondary N) is 1. The van der Waals surface area contributed by atoms with Crippen molar-refractivity contribution in [2.75, 3.05) is 12.4 Å². The molecule has 1 atom stereocenters. The van der Waals surface area contributed by atoms with Crippen LogP contribution in [0.1, 0.15) is 13.0 Å².